The molecule has 0 saturated heterocycles. The largest absolute Gasteiger partial charge is 0.485 e. The van der Waals surface area contributed by atoms with Gasteiger partial charge in [0.25, 0.3) is 0 Å². The summed E-state index contributed by atoms with van der Waals surface area (Å²) in [5.74, 6) is 3.11. The first-order valence-corrected chi connectivity index (χ1v) is 7.30. The summed E-state index contributed by atoms with van der Waals surface area (Å²) in [7, 11) is 0. The predicted octanol–water partition coefficient (Wildman–Crippen LogP) is 2.82. The minimum absolute atomic E-state index is 0.264. The number of fused-ring (bicyclic) bond motifs is 4. The van der Waals surface area contributed by atoms with Gasteiger partial charge < -0.3 is 9.47 Å². The summed E-state index contributed by atoms with van der Waals surface area (Å²) < 4.78 is 13.7. The number of hydrogen-bond acceptors (Lipinski definition) is 4. The lowest BCUT2D eigenvalue weighted by Gasteiger charge is -2.24. The third-order valence-corrected chi connectivity index (χ3v) is 4.06. The Kier molecular flexibility index (Phi) is 2.33. The number of ether oxygens (including phenoxy) is 2. The summed E-state index contributed by atoms with van der Waals surface area (Å²) in [6, 6.07) is 15.9. The van der Waals surface area contributed by atoms with Crippen molar-refractivity contribution >= 4 is 0 Å². The van der Waals surface area contributed by atoms with E-state index in [1.165, 1.54) is 5.56 Å². The van der Waals surface area contributed by atoms with Crippen molar-refractivity contribution in [2.75, 3.05) is 6.61 Å². The van der Waals surface area contributed by atoms with Crippen LogP contribution in [0.4, 0.5) is 0 Å². The topological polar surface area (TPSA) is 49.2 Å². The molecule has 108 valence electrons. The Labute approximate surface area is 127 Å². The van der Waals surface area contributed by atoms with Crippen molar-refractivity contribution in [2.24, 2.45) is 0 Å². The van der Waals surface area contributed by atoms with Crippen molar-refractivity contribution in [1.29, 1.82) is 0 Å². The molecule has 2 aliphatic rings. The third kappa shape index (κ3) is 1.65. The third-order valence-electron chi connectivity index (χ3n) is 4.06. The molecule has 0 amide bonds. The monoisotopic (exact) mass is 291 g/mol. The number of rotatable bonds is 1. The molecule has 0 radical (unpaired) electrons. The van der Waals surface area contributed by atoms with Crippen LogP contribution >= 0.6 is 0 Å². The molecule has 0 spiro atoms. The quantitative estimate of drug-likeness (QED) is 0.541. The fourth-order valence-electron chi connectivity index (χ4n) is 2.99. The molecule has 0 fully saturated rings. The Hall–Kier alpha value is -2.82. The minimum atomic E-state index is -0.264. The summed E-state index contributed by atoms with van der Waals surface area (Å²) in [4.78, 5) is 4.68. The molecule has 5 heteroatoms. The molecule has 0 bridgehead atoms. The summed E-state index contributed by atoms with van der Waals surface area (Å²) >= 11 is 0. The Bertz CT molecular complexity index is 872. The molecule has 22 heavy (non-hydrogen) atoms. The van der Waals surface area contributed by atoms with Crippen LogP contribution in [0.15, 0.2) is 48.5 Å². The molecule has 5 rings (SSSR count). The molecular formula is C17H13N3O2. The molecule has 3 heterocycles. The van der Waals surface area contributed by atoms with E-state index in [9.17, 15) is 0 Å². The van der Waals surface area contributed by atoms with E-state index in [1.807, 2.05) is 41.1 Å². The van der Waals surface area contributed by atoms with Crippen molar-refractivity contribution in [3.63, 3.8) is 0 Å². The van der Waals surface area contributed by atoms with E-state index in [1.54, 1.807) is 0 Å². The van der Waals surface area contributed by atoms with Crippen molar-refractivity contribution in [2.45, 2.75) is 12.6 Å². The molecule has 1 atom stereocenters. The van der Waals surface area contributed by atoms with Gasteiger partial charge in [0.05, 0.1) is 6.54 Å². The Morgan fingerprint density at radius 3 is 2.77 bits per heavy atom. The van der Waals surface area contributed by atoms with Crippen LogP contribution in [-0.2, 0) is 6.54 Å². The average molecular weight is 291 g/mol. The average Bonchev–Trinajstić information content (AvgIpc) is 3.12. The first kappa shape index (κ1) is 11.8. The number of benzene rings is 2. The Morgan fingerprint density at radius 2 is 1.82 bits per heavy atom. The Balaban J connectivity index is 1.50. The van der Waals surface area contributed by atoms with Crippen molar-refractivity contribution < 1.29 is 9.47 Å². The second-order valence-electron chi connectivity index (χ2n) is 5.47. The highest BCUT2D eigenvalue weighted by molar-refractivity contribution is 5.64. The molecule has 0 aliphatic carbocycles. The first-order valence-electron chi connectivity index (χ1n) is 7.30. The molecule has 1 unspecified atom stereocenters. The van der Waals surface area contributed by atoms with Gasteiger partial charge in [-0.1, -0.05) is 36.4 Å². The van der Waals surface area contributed by atoms with Crippen LogP contribution in [0.3, 0.4) is 0 Å². The zero-order valence-corrected chi connectivity index (χ0v) is 11.8. The lowest BCUT2D eigenvalue weighted by Crippen LogP contribution is -2.23. The van der Waals surface area contributed by atoms with Crippen LogP contribution in [0.2, 0.25) is 0 Å². The zero-order valence-electron chi connectivity index (χ0n) is 11.8. The Morgan fingerprint density at radius 1 is 1.00 bits per heavy atom. The van der Waals surface area contributed by atoms with Gasteiger partial charge in [-0.3, -0.25) is 0 Å². The summed E-state index contributed by atoms with van der Waals surface area (Å²) in [5.41, 5.74) is 2.41. The second kappa shape index (κ2) is 4.34. The van der Waals surface area contributed by atoms with Gasteiger partial charge in [0.2, 0.25) is 0 Å². The fourth-order valence-corrected chi connectivity index (χ4v) is 2.99. The van der Waals surface area contributed by atoms with Crippen LogP contribution in [0.25, 0.3) is 11.4 Å². The highest BCUT2D eigenvalue weighted by atomic mass is 16.6. The smallest absolute Gasteiger partial charge is 0.195 e. The van der Waals surface area contributed by atoms with Crippen LogP contribution in [0.5, 0.6) is 11.5 Å². The van der Waals surface area contributed by atoms with E-state index in [2.05, 4.69) is 22.2 Å². The number of para-hydroxylation sites is 2. The van der Waals surface area contributed by atoms with Crippen LogP contribution in [0.1, 0.15) is 17.5 Å². The molecule has 1 aromatic heterocycles. The van der Waals surface area contributed by atoms with Crippen LogP contribution in [-0.4, -0.2) is 21.4 Å². The number of nitrogens with zero attached hydrogens (tertiary/aromatic N) is 3. The molecule has 2 aromatic carbocycles. The van der Waals surface area contributed by atoms with Gasteiger partial charge in [0.1, 0.15) is 6.61 Å². The van der Waals surface area contributed by atoms with E-state index in [0.29, 0.717) is 12.4 Å². The lowest BCUT2D eigenvalue weighted by atomic mass is 10.1. The number of hydrogen-bond donors (Lipinski definition) is 0. The minimum Gasteiger partial charge on any atom is -0.485 e. The predicted molar refractivity (Wildman–Crippen MR) is 79.9 cm³/mol. The van der Waals surface area contributed by atoms with E-state index >= 15 is 0 Å². The highest BCUT2D eigenvalue weighted by Gasteiger charge is 2.29. The van der Waals surface area contributed by atoms with Gasteiger partial charge in [-0.15, -0.1) is 0 Å². The first-order chi connectivity index (χ1) is 10.9. The molecule has 5 nitrogen and oxygen atoms in total. The van der Waals surface area contributed by atoms with Crippen molar-refractivity contribution in [1.82, 2.24) is 14.8 Å². The van der Waals surface area contributed by atoms with E-state index < -0.39 is 0 Å². The highest BCUT2D eigenvalue weighted by Crippen LogP contribution is 2.36. The van der Waals surface area contributed by atoms with Crippen LogP contribution < -0.4 is 9.47 Å². The van der Waals surface area contributed by atoms with Gasteiger partial charge in [0.15, 0.2) is 29.3 Å². The molecule has 0 saturated carbocycles. The SMILES string of the molecule is c1ccc2c(c1)Cn1nc(C3COc4ccccc4O3)nc1-2. The van der Waals surface area contributed by atoms with E-state index in [0.717, 1.165) is 29.4 Å². The maximum absolute atomic E-state index is 5.98. The zero-order chi connectivity index (χ0) is 14.5. The normalized spacial score (nSPS) is 17.9. The fraction of sp³-hybridized carbons (Fsp3) is 0.176. The van der Waals surface area contributed by atoms with E-state index in [4.69, 9.17) is 9.47 Å². The maximum atomic E-state index is 5.98. The lowest BCUT2D eigenvalue weighted by molar-refractivity contribution is 0.0849. The second-order valence-corrected chi connectivity index (χ2v) is 5.47. The molecule has 2 aliphatic heterocycles. The molecule has 0 N–H and O–H groups in total. The summed E-state index contributed by atoms with van der Waals surface area (Å²) in [6.07, 6.45) is -0.264. The molecule has 3 aromatic rings. The standard InChI is InChI=1S/C17H13N3O2/c1-2-6-12-11(5-1)9-20-17(12)18-16(19-20)15-10-21-13-7-3-4-8-14(13)22-15/h1-8,15H,9-10H2. The molecular weight excluding hydrogens is 278 g/mol. The van der Waals surface area contributed by atoms with Gasteiger partial charge in [0, 0.05) is 5.56 Å². The van der Waals surface area contributed by atoms with Gasteiger partial charge in [-0.05, 0) is 17.7 Å². The van der Waals surface area contributed by atoms with Gasteiger partial charge in [-0.25, -0.2) is 9.67 Å². The maximum Gasteiger partial charge on any atom is 0.195 e. The van der Waals surface area contributed by atoms with E-state index in [-0.39, 0.29) is 6.10 Å². The van der Waals surface area contributed by atoms with Crippen LogP contribution in [0, 0.1) is 0 Å². The van der Waals surface area contributed by atoms with Crippen molar-refractivity contribution in [3.8, 4) is 22.9 Å². The summed E-state index contributed by atoms with van der Waals surface area (Å²) in [5, 5.41) is 4.60. The summed E-state index contributed by atoms with van der Waals surface area (Å²) in [6.45, 7) is 1.20. The van der Waals surface area contributed by atoms with Crippen molar-refractivity contribution in [3.05, 3.63) is 59.9 Å². The van der Waals surface area contributed by atoms with Gasteiger partial charge >= 0.3 is 0 Å². The number of aromatic nitrogens is 3. The van der Waals surface area contributed by atoms with Gasteiger partial charge in [-0.2, -0.15) is 5.10 Å².